The van der Waals surface area contributed by atoms with E-state index in [4.69, 9.17) is 9.47 Å². The van der Waals surface area contributed by atoms with Gasteiger partial charge in [0.1, 0.15) is 0 Å². The Morgan fingerprint density at radius 1 is 1.39 bits per heavy atom. The molecule has 1 saturated heterocycles. The van der Waals surface area contributed by atoms with E-state index in [0.717, 1.165) is 44.8 Å². The van der Waals surface area contributed by atoms with Crippen molar-refractivity contribution < 1.29 is 14.3 Å². The van der Waals surface area contributed by atoms with Crippen molar-refractivity contribution in [2.24, 2.45) is 0 Å². The third-order valence-electron chi connectivity index (χ3n) is 4.13. The number of ether oxygens (including phenoxy) is 2. The summed E-state index contributed by atoms with van der Waals surface area (Å²) in [5, 5.41) is 2.99. The fraction of sp³-hybridized carbons (Fsp3) is 0.611. The summed E-state index contributed by atoms with van der Waals surface area (Å²) in [5.41, 5.74) is 2.37. The highest BCUT2D eigenvalue weighted by Crippen LogP contribution is 2.09. The van der Waals surface area contributed by atoms with Gasteiger partial charge in [0.2, 0.25) is 5.91 Å². The molecular formula is C18H28N2O3. The van der Waals surface area contributed by atoms with Crippen LogP contribution in [0.15, 0.2) is 24.3 Å². The number of hydrogen-bond donors (Lipinski definition) is 1. The summed E-state index contributed by atoms with van der Waals surface area (Å²) in [7, 11) is 1.71. The van der Waals surface area contributed by atoms with Crippen LogP contribution in [-0.4, -0.2) is 56.9 Å². The number of amides is 1. The molecule has 1 aliphatic rings. The second-order valence-corrected chi connectivity index (χ2v) is 6.09. The number of carbonyl (C=O) groups is 1. The first-order chi connectivity index (χ1) is 11.2. The second-order valence-electron chi connectivity index (χ2n) is 6.09. The number of nitrogens with one attached hydrogen (secondary N) is 1. The average molecular weight is 320 g/mol. The standard InChI is InChI=1S/C18H28N2O3/c1-15-3-5-16(6-4-15)13-19-18(21)7-9-20-10-12-23-17(14-20)8-11-22-2/h3-6,17H,7-14H2,1-2H3,(H,19,21). The van der Waals surface area contributed by atoms with E-state index in [-0.39, 0.29) is 12.0 Å². The Labute approximate surface area is 139 Å². The summed E-state index contributed by atoms with van der Waals surface area (Å²) in [4.78, 5) is 14.3. The van der Waals surface area contributed by atoms with Crippen LogP contribution >= 0.6 is 0 Å². The topological polar surface area (TPSA) is 50.8 Å². The van der Waals surface area contributed by atoms with E-state index in [1.54, 1.807) is 7.11 Å². The fourth-order valence-electron chi connectivity index (χ4n) is 2.66. The second kappa shape index (κ2) is 9.65. The number of morpholine rings is 1. The molecular weight excluding hydrogens is 292 g/mol. The molecule has 1 unspecified atom stereocenters. The maximum Gasteiger partial charge on any atom is 0.221 e. The zero-order valence-corrected chi connectivity index (χ0v) is 14.2. The highest BCUT2D eigenvalue weighted by atomic mass is 16.5. The maximum atomic E-state index is 12.0. The van der Waals surface area contributed by atoms with Crippen LogP contribution in [0.1, 0.15) is 24.0 Å². The van der Waals surface area contributed by atoms with Crippen molar-refractivity contribution in [2.45, 2.75) is 32.4 Å². The minimum Gasteiger partial charge on any atom is -0.385 e. The van der Waals surface area contributed by atoms with Crippen molar-refractivity contribution in [3.63, 3.8) is 0 Å². The Balaban J connectivity index is 1.64. The maximum absolute atomic E-state index is 12.0. The number of hydrogen-bond acceptors (Lipinski definition) is 4. The molecule has 1 amide bonds. The molecule has 0 radical (unpaired) electrons. The van der Waals surface area contributed by atoms with Gasteiger partial charge in [0.15, 0.2) is 0 Å². The predicted octanol–water partition coefficient (Wildman–Crippen LogP) is 1.74. The molecule has 128 valence electrons. The van der Waals surface area contributed by atoms with Gasteiger partial charge < -0.3 is 14.8 Å². The number of aryl methyl sites for hydroxylation is 1. The molecule has 0 aliphatic carbocycles. The number of methoxy groups -OCH3 is 1. The molecule has 0 saturated carbocycles. The fourth-order valence-corrected chi connectivity index (χ4v) is 2.66. The lowest BCUT2D eigenvalue weighted by molar-refractivity contribution is -0.122. The first-order valence-corrected chi connectivity index (χ1v) is 8.32. The number of nitrogens with zero attached hydrogens (tertiary/aromatic N) is 1. The molecule has 1 heterocycles. The molecule has 1 atom stereocenters. The van der Waals surface area contributed by atoms with E-state index in [9.17, 15) is 4.79 Å². The largest absolute Gasteiger partial charge is 0.385 e. The van der Waals surface area contributed by atoms with Gasteiger partial charge in [-0.3, -0.25) is 9.69 Å². The quantitative estimate of drug-likeness (QED) is 0.793. The average Bonchev–Trinajstić information content (AvgIpc) is 2.58. The summed E-state index contributed by atoms with van der Waals surface area (Å²) in [6, 6.07) is 8.24. The third-order valence-corrected chi connectivity index (χ3v) is 4.13. The van der Waals surface area contributed by atoms with E-state index < -0.39 is 0 Å². The molecule has 1 fully saturated rings. The lowest BCUT2D eigenvalue weighted by atomic mass is 10.1. The molecule has 1 aromatic carbocycles. The smallest absolute Gasteiger partial charge is 0.221 e. The molecule has 2 rings (SSSR count). The zero-order chi connectivity index (χ0) is 16.5. The van der Waals surface area contributed by atoms with Crippen LogP contribution in [0, 0.1) is 6.92 Å². The highest BCUT2D eigenvalue weighted by molar-refractivity contribution is 5.76. The predicted molar refractivity (Wildman–Crippen MR) is 90.3 cm³/mol. The number of benzene rings is 1. The molecule has 1 aliphatic heterocycles. The Morgan fingerprint density at radius 2 is 2.17 bits per heavy atom. The number of carbonyl (C=O) groups excluding carboxylic acids is 1. The van der Waals surface area contributed by atoms with E-state index in [1.807, 2.05) is 0 Å². The van der Waals surface area contributed by atoms with Crippen LogP contribution in [-0.2, 0) is 20.8 Å². The van der Waals surface area contributed by atoms with Crippen molar-refractivity contribution in [2.75, 3.05) is 40.0 Å². The van der Waals surface area contributed by atoms with Crippen molar-refractivity contribution in [3.8, 4) is 0 Å². The summed E-state index contributed by atoms with van der Waals surface area (Å²) in [6.07, 6.45) is 1.66. The SMILES string of the molecule is COCCC1CN(CCC(=O)NCc2ccc(C)cc2)CCO1. The molecule has 0 bridgehead atoms. The molecule has 5 nitrogen and oxygen atoms in total. The minimum atomic E-state index is 0.102. The summed E-state index contributed by atoms with van der Waals surface area (Å²) >= 11 is 0. The lowest BCUT2D eigenvalue weighted by Crippen LogP contribution is -2.44. The first kappa shape index (κ1) is 17.9. The van der Waals surface area contributed by atoms with Crippen LogP contribution in [0.4, 0.5) is 0 Å². The summed E-state index contributed by atoms with van der Waals surface area (Å²) in [6.45, 7) is 6.67. The zero-order valence-electron chi connectivity index (χ0n) is 14.2. The van der Waals surface area contributed by atoms with Gasteiger partial charge in [-0.05, 0) is 18.9 Å². The van der Waals surface area contributed by atoms with Crippen LogP contribution in [0.2, 0.25) is 0 Å². The molecule has 1 aromatic rings. The minimum absolute atomic E-state index is 0.102. The van der Waals surface area contributed by atoms with Gasteiger partial charge in [-0.2, -0.15) is 0 Å². The Kier molecular flexibility index (Phi) is 7.52. The third kappa shape index (κ3) is 6.69. The Morgan fingerprint density at radius 3 is 2.91 bits per heavy atom. The number of rotatable bonds is 8. The molecule has 0 spiro atoms. The van der Waals surface area contributed by atoms with Gasteiger partial charge in [-0.1, -0.05) is 29.8 Å². The van der Waals surface area contributed by atoms with Gasteiger partial charge in [-0.25, -0.2) is 0 Å². The summed E-state index contributed by atoms with van der Waals surface area (Å²) < 4.78 is 10.8. The van der Waals surface area contributed by atoms with Gasteiger partial charge in [-0.15, -0.1) is 0 Å². The van der Waals surface area contributed by atoms with E-state index in [1.165, 1.54) is 5.56 Å². The van der Waals surface area contributed by atoms with Crippen LogP contribution in [0.25, 0.3) is 0 Å². The first-order valence-electron chi connectivity index (χ1n) is 8.32. The molecule has 5 heteroatoms. The van der Waals surface area contributed by atoms with Crippen molar-refractivity contribution in [1.29, 1.82) is 0 Å². The normalized spacial score (nSPS) is 18.8. The van der Waals surface area contributed by atoms with Gasteiger partial charge in [0.05, 0.1) is 12.7 Å². The molecule has 0 aromatic heterocycles. The molecule has 23 heavy (non-hydrogen) atoms. The van der Waals surface area contributed by atoms with Crippen molar-refractivity contribution in [3.05, 3.63) is 35.4 Å². The summed E-state index contributed by atoms with van der Waals surface area (Å²) in [5.74, 6) is 0.102. The van der Waals surface area contributed by atoms with Crippen LogP contribution in [0.3, 0.4) is 0 Å². The van der Waals surface area contributed by atoms with E-state index >= 15 is 0 Å². The monoisotopic (exact) mass is 320 g/mol. The van der Waals surface area contributed by atoms with E-state index in [2.05, 4.69) is 41.4 Å². The van der Waals surface area contributed by atoms with Crippen molar-refractivity contribution in [1.82, 2.24) is 10.2 Å². The lowest BCUT2D eigenvalue weighted by Gasteiger charge is -2.32. The van der Waals surface area contributed by atoms with Crippen LogP contribution < -0.4 is 5.32 Å². The van der Waals surface area contributed by atoms with E-state index in [0.29, 0.717) is 13.0 Å². The Bertz CT molecular complexity index is 476. The highest BCUT2D eigenvalue weighted by Gasteiger charge is 2.20. The van der Waals surface area contributed by atoms with Gasteiger partial charge in [0.25, 0.3) is 0 Å². The van der Waals surface area contributed by atoms with Gasteiger partial charge >= 0.3 is 0 Å². The van der Waals surface area contributed by atoms with Crippen molar-refractivity contribution >= 4 is 5.91 Å². The molecule has 1 N–H and O–H groups in total. The Hall–Kier alpha value is -1.43. The van der Waals surface area contributed by atoms with Crippen LogP contribution in [0.5, 0.6) is 0 Å². The van der Waals surface area contributed by atoms with Gasteiger partial charge in [0, 0.05) is 46.3 Å².